The SMILES string of the molecule is O=C(CCCOc1ccccc1)NCC(=O)N1CC(F)(CF)CC1C(=O)O. The topological polar surface area (TPSA) is 95.9 Å². The summed E-state index contributed by atoms with van der Waals surface area (Å²) >= 11 is 0. The normalized spacial score (nSPS) is 21.7. The molecule has 1 heterocycles. The predicted molar refractivity (Wildman–Crippen MR) is 91.7 cm³/mol. The molecule has 0 radical (unpaired) electrons. The minimum Gasteiger partial charge on any atom is -0.494 e. The van der Waals surface area contributed by atoms with E-state index in [1.807, 2.05) is 18.2 Å². The minimum absolute atomic E-state index is 0.111. The number of benzene rings is 1. The Bertz CT molecular complexity index is 673. The summed E-state index contributed by atoms with van der Waals surface area (Å²) in [6.45, 7) is -2.15. The maximum Gasteiger partial charge on any atom is 0.326 e. The molecular formula is C18H22F2N2O5. The molecule has 2 rings (SSSR count). The van der Waals surface area contributed by atoms with Gasteiger partial charge in [-0.05, 0) is 18.6 Å². The zero-order valence-corrected chi connectivity index (χ0v) is 14.7. The number of carbonyl (C=O) groups excluding carboxylic acids is 2. The molecule has 0 bridgehead atoms. The van der Waals surface area contributed by atoms with Gasteiger partial charge < -0.3 is 20.1 Å². The number of alkyl halides is 2. The fourth-order valence-electron chi connectivity index (χ4n) is 2.82. The summed E-state index contributed by atoms with van der Waals surface area (Å²) in [5.41, 5.74) is -2.36. The maximum atomic E-state index is 14.1. The van der Waals surface area contributed by atoms with Gasteiger partial charge in [-0.1, -0.05) is 18.2 Å². The number of likely N-dealkylation sites (tertiary alicyclic amines) is 1. The van der Waals surface area contributed by atoms with Crippen LogP contribution in [-0.4, -0.2) is 65.9 Å². The lowest BCUT2D eigenvalue weighted by molar-refractivity contribution is -0.148. The molecule has 0 aromatic heterocycles. The highest BCUT2D eigenvalue weighted by atomic mass is 19.2. The molecule has 0 spiro atoms. The van der Waals surface area contributed by atoms with E-state index in [2.05, 4.69) is 5.32 Å². The molecule has 148 valence electrons. The number of nitrogens with one attached hydrogen (secondary N) is 1. The van der Waals surface area contributed by atoms with Gasteiger partial charge in [0, 0.05) is 12.8 Å². The summed E-state index contributed by atoms with van der Waals surface area (Å²) in [6.07, 6.45) is -0.0683. The molecule has 0 aliphatic carbocycles. The number of rotatable bonds is 9. The first kappa shape index (κ1) is 20.6. The van der Waals surface area contributed by atoms with E-state index in [1.165, 1.54) is 0 Å². The minimum atomic E-state index is -2.36. The van der Waals surface area contributed by atoms with E-state index in [0.29, 0.717) is 18.8 Å². The highest BCUT2D eigenvalue weighted by molar-refractivity contribution is 5.88. The third-order valence-electron chi connectivity index (χ3n) is 4.23. The van der Waals surface area contributed by atoms with E-state index < -0.39 is 55.7 Å². The second kappa shape index (κ2) is 9.29. The molecule has 1 aromatic carbocycles. The van der Waals surface area contributed by atoms with E-state index in [9.17, 15) is 23.2 Å². The van der Waals surface area contributed by atoms with E-state index in [1.54, 1.807) is 12.1 Å². The first-order chi connectivity index (χ1) is 12.8. The number of ether oxygens (including phenoxy) is 1. The average molecular weight is 384 g/mol. The summed E-state index contributed by atoms with van der Waals surface area (Å²) in [6, 6.07) is 7.64. The van der Waals surface area contributed by atoms with Crippen LogP contribution in [0.1, 0.15) is 19.3 Å². The quantitative estimate of drug-likeness (QED) is 0.626. The molecule has 1 aromatic rings. The molecule has 27 heavy (non-hydrogen) atoms. The molecular weight excluding hydrogens is 362 g/mol. The molecule has 1 aliphatic rings. The number of carbonyl (C=O) groups is 3. The zero-order chi connectivity index (χ0) is 19.9. The Kier molecular flexibility index (Phi) is 7.09. The number of hydrogen-bond donors (Lipinski definition) is 2. The van der Waals surface area contributed by atoms with Gasteiger partial charge in [-0.15, -0.1) is 0 Å². The highest BCUT2D eigenvalue weighted by Crippen LogP contribution is 2.31. The van der Waals surface area contributed by atoms with Gasteiger partial charge in [-0.2, -0.15) is 0 Å². The van der Waals surface area contributed by atoms with Crippen LogP contribution in [0.15, 0.2) is 30.3 Å². The first-order valence-corrected chi connectivity index (χ1v) is 8.56. The molecule has 2 atom stereocenters. The van der Waals surface area contributed by atoms with E-state index >= 15 is 0 Å². The van der Waals surface area contributed by atoms with E-state index in [-0.39, 0.29) is 6.42 Å². The maximum absolute atomic E-state index is 14.1. The Balaban J connectivity index is 1.72. The largest absolute Gasteiger partial charge is 0.494 e. The summed E-state index contributed by atoms with van der Waals surface area (Å²) in [5, 5.41) is 11.5. The standard InChI is InChI=1S/C18H22F2N2O5/c19-11-18(20)9-14(17(25)26)22(12-18)16(24)10-21-15(23)7-4-8-27-13-5-2-1-3-6-13/h1-3,5-6,14H,4,7-12H2,(H,21,23)(H,25,26). The molecule has 2 unspecified atom stereocenters. The van der Waals surface area contributed by atoms with Crippen molar-refractivity contribution in [3.05, 3.63) is 30.3 Å². The number of carboxylic acid groups (broad SMARTS) is 1. The number of halogens is 2. The van der Waals surface area contributed by atoms with Crippen molar-refractivity contribution in [1.29, 1.82) is 0 Å². The second-order valence-corrected chi connectivity index (χ2v) is 6.41. The fourth-order valence-corrected chi connectivity index (χ4v) is 2.82. The molecule has 2 N–H and O–H groups in total. The Morgan fingerprint density at radius 2 is 2.00 bits per heavy atom. The molecule has 0 saturated carbocycles. The predicted octanol–water partition coefficient (Wildman–Crippen LogP) is 1.33. The number of nitrogens with zero attached hydrogens (tertiary/aromatic N) is 1. The lowest BCUT2D eigenvalue weighted by atomic mass is 10.0. The van der Waals surface area contributed by atoms with Crippen molar-refractivity contribution >= 4 is 17.8 Å². The fraction of sp³-hybridized carbons (Fsp3) is 0.500. The number of carboxylic acids is 1. The average Bonchev–Trinajstić information content (AvgIpc) is 3.03. The Morgan fingerprint density at radius 3 is 2.63 bits per heavy atom. The van der Waals surface area contributed by atoms with Gasteiger partial charge in [0.2, 0.25) is 11.8 Å². The smallest absolute Gasteiger partial charge is 0.326 e. The van der Waals surface area contributed by atoms with Gasteiger partial charge >= 0.3 is 5.97 Å². The van der Waals surface area contributed by atoms with Crippen molar-refractivity contribution in [2.75, 3.05) is 26.4 Å². The molecule has 1 aliphatic heterocycles. The number of para-hydroxylation sites is 1. The molecule has 1 fully saturated rings. The van der Waals surface area contributed by atoms with Crippen molar-refractivity contribution < 1.29 is 33.0 Å². The molecule has 1 saturated heterocycles. The number of amides is 2. The Morgan fingerprint density at radius 1 is 1.30 bits per heavy atom. The van der Waals surface area contributed by atoms with Gasteiger partial charge in [0.15, 0.2) is 5.67 Å². The van der Waals surface area contributed by atoms with Crippen LogP contribution in [0.5, 0.6) is 5.75 Å². The van der Waals surface area contributed by atoms with Gasteiger partial charge in [0.05, 0.1) is 19.7 Å². The van der Waals surface area contributed by atoms with Crippen LogP contribution in [0.2, 0.25) is 0 Å². The Hall–Kier alpha value is -2.71. The van der Waals surface area contributed by atoms with Gasteiger partial charge in [-0.3, -0.25) is 9.59 Å². The third kappa shape index (κ3) is 5.90. The molecule has 2 amide bonds. The second-order valence-electron chi connectivity index (χ2n) is 6.41. The van der Waals surface area contributed by atoms with Crippen LogP contribution in [0, 0.1) is 0 Å². The first-order valence-electron chi connectivity index (χ1n) is 8.56. The van der Waals surface area contributed by atoms with Crippen molar-refractivity contribution in [3.63, 3.8) is 0 Å². The van der Waals surface area contributed by atoms with Crippen molar-refractivity contribution in [2.45, 2.75) is 31.0 Å². The van der Waals surface area contributed by atoms with Crippen molar-refractivity contribution in [1.82, 2.24) is 10.2 Å². The summed E-state index contributed by atoms with van der Waals surface area (Å²) in [5.74, 6) is -1.89. The lowest BCUT2D eigenvalue weighted by Crippen LogP contribution is -2.46. The van der Waals surface area contributed by atoms with Crippen LogP contribution < -0.4 is 10.1 Å². The number of aliphatic carboxylic acids is 1. The van der Waals surface area contributed by atoms with E-state index in [0.717, 1.165) is 4.90 Å². The van der Waals surface area contributed by atoms with Crippen LogP contribution in [0.4, 0.5) is 8.78 Å². The number of hydrogen-bond acceptors (Lipinski definition) is 4. The van der Waals surface area contributed by atoms with Crippen molar-refractivity contribution in [2.24, 2.45) is 0 Å². The van der Waals surface area contributed by atoms with Crippen LogP contribution in [-0.2, 0) is 14.4 Å². The summed E-state index contributed by atoms with van der Waals surface area (Å²) in [4.78, 5) is 35.8. The summed E-state index contributed by atoms with van der Waals surface area (Å²) in [7, 11) is 0. The van der Waals surface area contributed by atoms with E-state index in [4.69, 9.17) is 9.84 Å². The highest BCUT2D eigenvalue weighted by Gasteiger charge is 2.49. The molecule has 7 nitrogen and oxygen atoms in total. The Labute approximate surface area is 155 Å². The van der Waals surface area contributed by atoms with Crippen LogP contribution >= 0.6 is 0 Å². The molecule has 9 heteroatoms. The summed E-state index contributed by atoms with van der Waals surface area (Å²) < 4.78 is 32.3. The van der Waals surface area contributed by atoms with Crippen LogP contribution in [0.3, 0.4) is 0 Å². The van der Waals surface area contributed by atoms with Crippen LogP contribution in [0.25, 0.3) is 0 Å². The van der Waals surface area contributed by atoms with Gasteiger partial charge in [0.1, 0.15) is 18.5 Å². The van der Waals surface area contributed by atoms with Crippen molar-refractivity contribution in [3.8, 4) is 5.75 Å². The third-order valence-corrected chi connectivity index (χ3v) is 4.23. The zero-order valence-electron chi connectivity index (χ0n) is 14.7. The van der Waals surface area contributed by atoms with Gasteiger partial charge in [0.25, 0.3) is 0 Å². The monoisotopic (exact) mass is 384 g/mol. The van der Waals surface area contributed by atoms with Gasteiger partial charge in [-0.25, -0.2) is 13.6 Å². The lowest BCUT2D eigenvalue weighted by Gasteiger charge is -2.21.